The minimum Gasteiger partial charge on any atom is -0.350 e. The number of benzene rings is 1. The number of thiophene rings is 1. The second kappa shape index (κ2) is 6.19. The van der Waals surface area contributed by atoms with Crippen LogP contribution in [0.3, 0.4) is 0 Å². The molecule has 5 nitrogen and oxygen atoms in total. The lowest BCUT2D eigenvalue weighted by atomic mass is 10.1. The van der Waals surface area contributed by atoms with Crippen molar-refractivity contribution >= 4 is 57.3 Å². The van der Waals surface area contributed by atoms with Gasteiger partial charge in [-0.15, -0.1) is 11.3 Å². The number of ketones is 1. The Morgan fingerprint density at radius 1 is 1.23 bits per heavy atom. The van der Waals surface area contributed by atoms with E-state index in [2.05, 4.69) is 10.6 Å². The molecule has 1 fully saturated rings. The van der Waals surface area contributed by atoms with Crippen LogP contribution in [0.5, 0.6) is 0 Å². The zero-order valence-corrected chi connectivity index (χ0v) is 15.8. The van der Waals surface area contributed by atoms with E-state index in [1.165, 1.54) is 0 Å². The molecule has 1 aliphatic heterocycles. The highest BCUT2D eigenvalue weighted by Crippen LogP contribution is 2.33. The third kappa shape index (κ3) is 2.85. The van der Waals surface area contributed by atoms with Crippen molar-refractivity contribution in [2.45, 2.75) is 6.92 Å². The minimum absolute atomic E-state index is 0.0543. The van der Waals surface area contributed by atoms with Gasteiger partial charge in [0.25, 0.3) is 5.91 Å². The molecule has 0 radical (unpaired) electrons. The van der Waals surface area contributed by atoms with Crippen LogP contribution < -0.4 is 10.6 Å². The fraction of sp³-hybridized carbons (Fsp3) is 0.105. The standard InChI is InChI=1S/C19H15N3O2S2/c1-10(23)14-9-22(2)16-5-3-11(7-13(14)16)17-6-4-12(26-17)8-15-18(24)21-19(25)20-15/h3-9H,1-2H3,(H2,20,21,24,25)/b15-8-. The lowest BCUT2D eigenvalue weighted by Crippen LogP contribution is -2.21. The summed E-state index contributed by atoms with van der Waals surface area (Å²) in [4.78, 5) is 25.7. The third-order valence-electron chi connectivity index (χ3n) is 4.29. The average Bonchev–Trinajstić information content (AvgIpc) is 3.26. The van der Waals surface area contributed by atoms with Crippen molar-refractivity contribution in [2.24, 2.45) is 7.05 Å². The highest BCUT2D eigenvalue weighted by molar-refractivity contribution is 7.80. The summed E-state index contributed by atoms with van der Waals surface area (Å²) in [5.41, 5.74) is 3.24. The van der Waals surface area contributed by atoms with Crippen molar-refractivity contribution in [3.8, 4) is 10.4 Å². The first-order valence-corrected chi connectivity index (χ1v) is 9.19. The van der Waals surface area contributed by atoms with Crippen LogP contribution in [0.4, 0.5) is 0 Å². The lowest BCUT2D eigenvalue weighted by Gasteiger charge is -2.01. The van der Waals surface area contributed by atoms with Crippen LogP contribution in [0.1, 0.15) is 22.2 Å². The normalized spacial score (nSPS) is 15.5. The number of carbonyl (C=O) groups is 2. The van der Waals surface area contributed by atoms with Gasteiger partial charge in [0.15, 0.2) is 10.9 Å². The Kier molecular flexibility index (Phi) is 3.97. The Morgan fingerprint density at radius 2 is 2.04 bits per heavy atom. The summed E-state index contributed by atoms with van der Waals surface area (Å²) < 4.78 is 1.97. The number of aryl methyl sites for hydroxylation is 1. The summed E-state index contributed by atoms with van der Waals surface area (Å²) in [5.74, 6) is -0.166. The Hall–Kier alpha value is -2.77. The molecule has 0 bridgehead atoms. The molecule has 1 amide bonds. The van der Waals surface area contributed by atoms with Gasteiger partial charge in [-0.25, -0.2) is 0 Å². The van der Waals surface area contributed by atoms with Gasteiger partial charge < -0.3 is 9.88 Å². The maximum atomic E-state index is 11.9. The van der Waals surface area contributed by atoms with Crippen molar-refractivity contribution in [1.29, 1.82) is 0 Å². The molecule has 26 heavy (non-hydrogen) atoms. The number of hydrogen-bond acceptors (Lipinski definition) is 4. The van der Waals surface area contributed by atoms with Crippen LogP contribution >= 0.6 is 23.6 Å². The van der Waals surface area contributed by atoms with Crippen LogP contribution in [0.2, 0.25) is 0 Å². The molecule has 3 heterocycles. The van der Waals surface area contributed by atoms with Gasteiger partial charge in [-0.3, -0.25) is 14.9 Å². The van der Waals surface area contributed by atoms with Gasteiger partial charge in [0.05, 0.1) is 0 Å². The van der Waals surface area contributed by atoms with E-state index in [-0.39, 0.29) is 11.7 Å². The van der Waals surface area contributed by atoms with E-state index in [0.29, 0.717) is 10.8 Å². The Bertz CT molecular complexity index is 1120. The lowest BCUT2D eigenvalue weighted by molar-refractivity contribution is -0.115. The highest BCUT2D eigenvalue weighted by atomic mass is 32.1. The number of carbonyl (C=O) groups excluding carboxylic acids is 2. The van der Waals surface area contributed by atoms with E-state index in [0.717, 1.165) is 31.8 Å². The predicted octanol–water partition coefficient (Wildman–Crippen LogP) is 3.45. The number of Topliss-reactive ketones (excluding diaryl/α,β-unsaturated/α-hetero) is 1. The van der Waals surface area contributed by atoms with Gasteiger partial charge in [0.1, 0.15) is 5.70 Å². The molecule has 130 valence electrons. The molecule has 1 aliphatic rings. The first kappa shape index (κ1) is 16.7. The Morgan fingerprint density at radius 3 is 2.73 bits per heavy atom. The van der Waals surface area contributed by atoms with Crippen molar-refractivity contribution in [3.63, 3.8) is 0 Å². The van der Waals surface area contributed by atoms with Crippen LogP contribution in [-0.4, -0.2) is 21.4 Å². The van der Waals surface area contributed by atoms with E-state index in [1.54, 1.807) is 24.3 Å². The Balaban J connectivity index is 1.73. The zero-order chi connectivity index (χ0) is 18.4. The van der Waals surface area contributed by atoms with E-state index >= 15 is 0 Å². The maximum absolute atomic E-state index is 11.9. The van der Waals surface area contributed by atoms with E-state index in [9.17, 15) is 9.59 Å². The van der Waals surface area contributed by atoms with Gasteiger partial charge in [0.2, 0.25) is 0 Å². The second-order valence-electron chi connectivity index (χ2n) is 6.11. The molecule has 0 spiro atoms. The summed E-state index contributed by atoms with van der Waals surface area (Å²) in [6.07, 6.45) is 3.65. The van der Waals surface area contributed by atoms with Crippen molar-refractivity contribution in [3.05, 3.63) is 52.7 Å². The summed E-state index contributed by atoms with van der Waals surface area (Å²) >= 11 is 6.52. The molecule has 0 aliphatic carbocycles. The van der Waals surface area contributed by atoms with E-state index < -0.39 is 0 Å². The number of fused-ring (bicyclic) bond motifs is 1. The monoisotopic (exact) mass is 381 g/mol. The Labute approximate surface area is 159 Å². The molecule has 0 atom stereocenters. The summed E-state index contributed by atoms with van der Waals surface area (Å²) in [6, 6.07) is 10.1. The molecule has 1 saturated heterocycles. The molecule has 0 saturated carbocycles. The summed E-state index contributed by atoms with van der Waals surface area (Å²) in [6.45, 7) is 1.58. The van der Waals surface area contributed by atoms with Crippen molar-refractivity contribution in [2.75, 3.05) is 0 Å². The van der Waals surface area contributed by atoms with Crippen LogP contribution in [0, 0.1) is 0 Å². The van der Waals surface area contributed by atoms with E-state index in [4.69, 9.17) is 12.2 Å². The number of nitrogens with zero attached hydrogens (tertiary/aromatic N) is 1. The average molecular weight is 381 g/mol. The number of thiocarbonyl (C=S) groups is 1. The largest absolute Gasteiger partial charge is 0.350 e. The number of nitrogens with one attached hydrogen (secondary N) is 2. The summed E-state index contributed by atoms with van der Waals surface area (Å²) in [7, 11) is 1.94. The van der Waals surface area contributed by atoms with Crippen LogP contribution in [0.15, 0.2) is 42.2 Å². The topological polar surface area (TPSA) is 63.1 Å². The fourth-order valence-corrected chi connectivity index (χ4v) is 4.19. The highest BCUT2D eigenvalue weighted by Gasteiger charge is 2.20. The van der Waals surface area contributed by atoms with E-state index in [1.807, 2.05) is 48.1 Å². The van der Waals surface area contributed by atoms with Gasteiger partial charge in [-0.1, -0.05) is 6.07 Å². The molecule has 2 N–H and O–H groups in total. The number of amides is 1. The molecule has 0 unspecified atom stereocenters. The molecule has 4 rings (SSSR count). The molecule has 1 aromatic carbocycles. The second-order valence-corrected chi connectivity index (χ2v) is 7.63. The smallest absolute Gasteiger partial charge is 0.273 e. The quantitative estimate of drug-likeness (QED) is 0.414. The zero-order valence-electron chi connectivity index (χ0n) is 14.1. The fourth-order valence-electron chi connectivity index (χ4n) is 3.04. The van der Waals surface area contributed by atoms with Crippen LogP contribution in [-0.2, 0) is 11.8 Å². The van der Waals surface area contributed by atoms with Crippen molar-refractivity contribution < 1.29 is 9.59 Å². The SMILES string of the molecule is CC(=O)c1cn(C)c2ccc(-c3ccc(/C=C4\NC(=S)NC4=O)s3)cc12. The molecule has 2 aromatic heterocycles. The minimum atomic E-state index is -0.221. The number of hydrogen-bond donors (Lipinski definition) is 2. The predicted molar refractivity (Wildman–Crippen MR) is 108 cm³/mol. The summed E-state index contributed by atoms with van der Waals surface area (Å²) in [5, 5.41) is 6.67. The first-order valence-electron chi connectivity index (χ1n) is 7.96. The maximum Gasteiger partial charge on any atom is 0.273 e. The molecule has 3 aromatic rings. The molecular weight excluding hydrogens is 366 g/mol. The van der Waals surface area contributed by atoms with Gasteiger partial charge in [-0.05, 0) is 55.0 Å². The first-order chi connectivity index (χ1) is 12.4. The van der Waals surface area contributed by atoms with Crippen molar-refractivity contribution in [1.82, 2.24) is 15.2 Å². The molecular formula is C19H15N3O2S2. The van der Waals surface area contributed by atoms with Gasteiger partial charge in [-0.2, -0.15) is 0 Å². The van der Waals surface area contributed by atoms with Crippen LogP contribution in [0.25, 0.3) is 27.4 Å². The third-order valence-corrected chi connectivity index (χ3v) is 5.57. The van der Waals surface area contributed by atoms with Gasteiger partial charge in [0, 0.05) is 39.5 Å². The van der Waals surface area contributed by atoms with Gasteiger partial charge >= 0.3 is 0 Å². The number of aromatic nitrogens is 1. The number of rotatable bonds is 3. The molecule has 7 heteroatoms.